The fraction of sp³-hybridized carbons (Fsp3) is 0.600. The van der Waals surface area contributed by atoms with E-state index < -0.39 is 0 Å². The second kappa shape index (κ2) is 5.80. The van der Waals surface area contributed by atoms with Gasteiger partial charge >= 0.3 is 0 Å². The second-order valence-electron chi connectivity index (χ2n) is 5.41. The summed E-state index contributed by atoms with van der Waals surface area (Å²) >= 11 is 0. The Labute approximate surface area is 113 Å². The quantitative estimate of drug-likeness (QED) is 0.897. The molecule has 0 bridgehead atoms. The van der Waals surface area contributed by atoms with Gasteiger partial charge in [0.2, 0.25) is 6.79 Å². The van der Waals surface area contributed by atoms with Crippen LogP contribution in [0.4, 0.5) is 0 Å². The van der Waals surface area contributed by atoms with E-state index in [0.29, 0.717) is 19.3 Å². The van der Waals surface area contributed by atoms with E-state index in [-0.39, 0.29) is 0 Å². The highest BCUT2D eigenvalue weighted by atomic mass is 16.7. The first-order valence-corrected chi connectivity index (χ1v) is 7.07. The molecule has 2 heterocycles. The number of ether oxygens (including phenoxy) is 2. The van der Waals surface area contributed by atoms with E-state index >= 15 is 0 Å². The van der Waals surface area contributed by atoms with Gasteiger partial charge < -0.3 is 19.5 Å². The molecule has 3 rings (SSSR count). The molecule has 19 heavy (non-hydrogen) atoms. The van der Waals surface area contributed by atoms with Gasteiger partial charge in [0.1, 0.15) is 0 Å². The number of benzene rings is 1. The zero-order valence-electron chi connectivity index (χ0n) is 11.2. The molecule has 1 N–H and O–H groups in total. The molecule has 4 nitrogen and oxygen atoms in total. The Morgan fingerprint density at radius 2 is 1.95 bits per heavy atom. The van der Waals surface area contributed by atoms with Gasteiger partial charge in [0, 0.05) is 13.2 Å². The molecule has 104 valence electrons. The van der Waals surface area contributed by atoms with Gasteiger partial charge in [-0.2, -0.15) is 0 Å². The molecule has 0 saturated carbocycles. The number of nitrogens with zero attached hydrogens (tertiary/aromatic N) is 1. The predicted molar refractivity (Wildman–Crippen MR) is 72.5 cm³/mol. The van der Waals surface area contributed by atoms with Crippen LogP contribution in [0.1, 0.15) is 18.4 Å². The minimum atomic E-state index is 0.341. The van der Waals surface area contributed by atoms with Crippen LogP contribution in [0.2, 0.25) is 0 Å². The number of aliphatic hydroxyl groups excluding tert-OH is 1. The summed E-state index contributed by atoms with van der Waals surface area (Å²) in [6.45, 7) is 3.98. The van der Waals surface area contributed by atoms with Gasteiger partial charge in [-0.15, -0.1) is 0 Å². The van der Waals surface area contributed by atoms with Crippen LogP contribution in [0.15, 0.2) is 18.2 Å². The molecule has 0 amide bonds. The fourth-order valence-corrected chi connectivity index (χ4v) is 2.78. The van der Waals surface area contributed by atoms with E-state index in [1.54, 1.807) is 0 Å². The average molecular weight is 263 g/mol. The Bertz CT molecular complexity index is 427. The Morgan fingerprint density at radius 1 is 1.16 bits per heavy atom. The molecule has 0 radical (unpaired) electrons. The van der Waals surface area contributed by atoms with Crippen molar-refractivity contribution in [3.63, 3.8) is 0 Å². The molecular formula is C15H21NO3. The molecular weight excluding hydrogens is 242 g/mol. The Morgan fingerprint density at radius 3 is 2.74 bits per heavy atom. The number of likely N-dealkylation sites (tertiary alicyclic amines) is 1. The molecule has 1 aromatic carbocycles. The third-order valence-electron chi connectivity index (χ3n) is 4.12. The molecule has 4 heteroatoms. The molecule has 1 saturated heterocycles. The number of fused-ring (bicyclic) bond motifs is 1. The average Bonchev–Trinajstić information content (AvgIpc) is 2.93. The normalized spacial score (nSPS) is 19.8. The Balaban J connectivity index is 1.50. The maximum absolute atomic E-state index is 9.13. The van der Waals surface area contributed by atoms with Crippen LogP contribution in [-0.2, 0) is 6.42 Å². The lowest BCUT2D eigenvalue weighted by atomic mass is 9.97. The summed E-state index contributed by atoms with van der Waals surface area (Å²) in [5.74, 6) is 2.24. The molecule has 1 aromatic rings. The highest BCUT2D eigenvalue weighted by Gasteiger charge is 2.18. The van der Waals surface area contributed by atoms with E-state index in [2.05, 4.69) is 17.0 Å². The monoisotopic (exact) mass is 263 g/mol. The summed E-state index contributed by atoms with van der Waals surface area (Å²) in [7, 11) is 0. The molecule has 0 aromatic heterocycles. The first-order chi connectivity index (χ1) is 9.35. The summed E-state index contributed by atoms with van der Waals surface area (Å²) in [5.41, 5.74) is 1.30. The Kier molecular flexibility index (Phi) is 3.89. The van der Waals surface area contributed by atoms with Crippen molar-refractivity contribution in [2.24, 2.45) is 5.92 Å². The summed E-state index contributed by atoms with van der Waals surface area (Å²) in [6.07, 6.45) is 3.29. The summed E-state index contributed by atoms with van der Waals surface area (Å²) in [5, 5.41) is 9.13. The molecule has 0 unspecified atom stereocenters. The van der Waals surface area contributed by atoms with Gasteiger partial charge in [0.15, 0.2) is 11.5 Å². The predicted octanol–water partition coefficient (Wildman–Crippen LogP) is 1.66. The largest absolute Gasteiger partial charge is 0.454 e. The number of aliphatic hydroxyl groups is 1. The van der Waals surface area contributed by atoms with Crippen molar-refractivity contribution in [1.29, 1.82) is 0 Å². The topological polar surface area (TPSA) is 41.9 Å². The maximum atomic E-state index is 9.13. The Hall–Kier alpha value is -1.26. The van der Waals surface area contributed by atoms with Crippen molar-refractivity contribution in [2.45, 2.75) is 19.3 Å². The van der Waals surface area contributed by atoms with E-state index in [1.807, 2.05) is 6.07 Å². The summed E-state index contributed by atoms with van der Waals surface area (Å²) in [6, 6.07) is 6.20. The van der Waals surface area contributed by atoms with Crippen LogP contribution in [-0.4, -0.2) is 43.0 Å². The van der Waals surface area contributed by atoms with Crippen LogP contribution in [0.25, 0.3) is 0 Å². The standard InChI is InChI=1S/C15H21NO3/c17-10-13-4-7-16(8-5-13)6-3-12-1-2-14-15(9-12)19-11-18-14/h1-2,9,13,17H,3-8,10-11H2. The van der Waals surface area contributed by atoms with Crippen LogP contribution in [0.3, 0.4) is 0 Å². The molecule has 2 aliphatic heterocycles. The van der Waals surface area contributed by atoms with Gasteiger partial charge in [-0.3, -0.25) is 0 Å². The van der Waals surface area contributed by atoms with Gasteiger partial charge in [0.05, 0.1) is 0 Å². The van der Waals surface area contributed by atoms with E-state index in [9.17, 15) is 0 Å². The van der Waals surface area contributed by atoms with E-state index in [4.69, 9.17) is 14.6 Å². The van der Waals surface area contributed by atoms with Crippen LogP contribution in [0.5, 0.6) is 11.5 Å². The van der Waals surface area contributed by atoms with Crippen LogP contribution in [0, 0.1) is 5.92 Å². The third-order valence-corrected chi connectivity index (χ3v) is 4.12. The molecule has 0 atom stereocenters. The fourth-order valence-electron chi connectivity index (χ4n) is 2.78. The van der Waals surface area contributed by atoms with Crippen molar-refractivity contribution >= 4 is 0 Å². The zero-order valence-corrected chi connectivity index (χ0v) is 11.2. The molecule has 0 spiro atoms. The van der Waals surface area contributed by atoms with Crippen molar-refractivity contribution in [1.82, 2.24) is 4.90 Å². The lowest BCUT2D eigenvalue weighted by Crippen LogP contribution is -2.36. The summed E-state index contributed by atoms with van der Waals surface area (Å²) in [4.78, 5) is 2.48. The second-order valence-corrected chi connectivity index (χ2v) is 5.41. The van der Waals surface area contributed by atoms with Gasteiger partial charge in [-0.1, -0.05) is 6.07 Å². The maximum Gasteiger partial charge on any atom is 0.231 e. The first-order valence-electron chi connectivity index (χ1n) is 7.07. The van der Waals surface area contributed by atoms with Gasteiger partial charge in [-0.05, 0) is 56.0 Å². The number of hydrogen-bond donors (Lipinski definition) is 1. The number of hydrogen-bond acceptors (Lipinski definition) is 4. The minimum Gasteiger partial charge on any atom is -0.454 e. The lowest BCUT2D eigenvalue weighted by Gasteiger charge is -2.30. The SMILES string of the molecule is OCC1CCN(CCc2ccc3c(c2)OCO3)CC1. The number of piperidine rings is 1. The molecule has 2 aliphatic rings. The highest BCUT2D eigenvalue weighted by molar-refractivity contribution is 5.44. The highest BCUT2D eigenvalue weighted by Crippen LogP contribution is 2.32. The van der Waals surface area contributed by atoms with Crippen LogP contribution < -0.4 is 9.47 Å². The minimum absolute atomic E-state index is 0.341. The van der Waals surface area contributed by atoms with E-state index in [1.165, 1.54) is 5.56 Å². The van der Waals surface area contributed by atoms with E-state index in [0.717, 1.165) is 50.4 Å². The molecule has 1 fully saturated rings. The third kappa shape index (κ3) is 3.01. The van der Waals surface area contributed by atoms with Gasteiger partial charge in [-0.25, -0.2) is 0 Å². The molecule has 0 aliphatic carbocycles. The summed E-state index contributed by atoms with van der Waals surface area (Å²) < 4.78 is 10.7. The van der Waals surface area contributed by atoms with Gasteiger partial charge in [0.25, 0.3) is 0 Å². The zero-order chi connectivity index (χ0) is 13.1. The van der Waals surface area contributed by atoms with Crippen molar-refractivity contribution in [3.05, 3.63) is 23.8 Å². The van der Waals surface area contributed by atoms with Crippen molar-refractivity contribution < 1.29 is 14.6 Å². The lowest BCUT2D eigenvalue weighted by molar-refractivity contribution is 0.132. The van der Waals surface area contributed by atoms with Crippen molar-refractivity contribution in [3.8, 4) is 11.5 Å². The smallest absolute Gasteiger partial charge is 0.231 e. The number of rotatable bonds is 4. The van der Waals surface area contributed by atoms with Crippen LogP contribution >= 0.6 is 0 Å². The van der Waals surface area contributed by atoms with Crippen molar-refractivity contribution in [2.75, 3.05) is 33.0 Å². The first kappa shape index (κ1) is 12.8.